The molecule has 1 rings (SSSR count). The van der Waals surface area contributed by atoms with Crippen LogP contribution in [0.5, 0.6) is 0 Å². The second-order valence-corrected chi connectivity index (χ2v) is 7.10. The molecule has 1 fully saturated rings. The van der Waals surface area contributed by atoms with E-state index in [-0.39, 0.29) is 29.4 Å². The topological polar surface area (TPSA) is 89.3 Å². The van der Waals surface area contributed by atoms with Crippen LogP contribution in [0, 0.1) is 5.92 Å². The molecule has 2 unspecified atom stereocenters. The average molecular weight is 262 g/mol. The Morgan fingerprint density at radius 2 is 2.18 bits per heavy atom. The molecule has 0 aromatic rings. The minimum absolute atomic E-state index is 0.0476. The second kappa shape index (κ2) is 5.82. The Kier molecular flexibility index (Phi) is 4.94. The van der Waals surface area contributed by atoms with Crippen LogP contribution in [0.25, 0.3) is 0 Å². The average Bonchev–Trinajstić information content (AvgIpc) is 2.25. The lowest BCUT2D eigenvalue weighted by Gasteiger charge is -2.26. The molecule has 1 amide bonds. The van der Waals surface area contributed by atoms with Crippen LogP contribution in [0.1, 0.15) is 33.1 Å². The van der Waals surface area contributed by atoms with Gasteiger partial charge in [0.05, 0.1) is 17.5 Å². The van der Waals surface area contributed by atoms with E-state index in [2.05, 4.69) is 5.32 Å². The maximum atomic E-state index is 11.8. The highest BCUT2D eigenvalue weighted by atomic mass is 32.2. The van der Waals surface area contributed by atoms with E-state index in [1.165, 1.54) is 0 Å². The summed E-state index contributed by atoms with van der Waals surface area (Å²) in [5, 5.41) is 2.75. The number of amides is 1. The lowest BCUT2D eigenvalue weighted by molar-refractivity contribution is -0.124. The lowest BCUT2D eigenvalue weighted by Crippen LogP contribution is -2.51. The molecule has 0 radical (unpaired) electrons. The van der Waals surface area contributed by atoms with E-state index in [4.69, 9.17) is 5.73 Å². The van der Waals surface area contributed by atoms with E-state index < -0.39 is 15.9 Å². The fraction of sp³-hybridized carbons (Fsp3) is 0.909. The quantitative estimate of drug-likeness (QED) is 0.749. The smallest absolute Gasteiger partial charge is 0.237 e. The highest BCUT2D eigenvalue weighted by Crippen LogP contribution is 2.13. The monoisotopic (exact) mass is 262 g/mol. The molecule has 1 aliphatic heterocycles. The molecule has 0 aromatic heterocycles. The Morgan fingerprint density at radius 3 is 2.71 bits per heavy atom. The summed E-state index contributed by atoms with van der Waals surface area (Å²) in [7, 11) is -2.98. The molecule has 3 N–H and O–H groups in total. The number of carbonyl (C=O) groups excluding carboxylic acids is 1. The van der Waals surface area contributed by atoms with Crippen LogP contribution in [-0.2, 0) is 14.6 Å². The van der Waals surface area contributed by atoms with Crippen molar-refractivity contribution in [1.29, 1.82) is 0 Å². The molecular formula is C11H22N2O3S. The van der Waals surface area contributed by atoms with Gasteiger partial charge < -0.3 is 11.1 Å². The molecule has 17 heavy (non-hydrogen) atoms. The Labute approximate surface area is 103 Å². The number of carbonyl (C=O) groups is 1. The van der Waals surface area contributed by atoms with Gasteiger partial charge in [-0.15, -0.1) is 0 Å². The fourth-order valence-corrected chi connectivity index (χ4v) is 3.58. The zero-order chi connectivity index (χ0) is 13.1. The molecule has 1 heterocycles. The van der Waals surface area contributed by atoms with Gasteiger partial charge in [0.2, 0.25) is 5.91 Å². The number of sulfone groups is 1. The van der Waals surface area contributed by atoms with Gasteiger partial charge in [-0.3, -0.25) is 4.79 Å². The van der Waals surface area contributed by atoms with Gasteiger partial charge in [-0.2, -0.15) is 0 Å². The first kappa shape index (κ1) is 14.4. The Morgan fingerprint density at radius 1 is 1.53 bits per heavy atom. The summed E-state index contributed by atoms with van der Waals surface area (Å²) in [6, 6.07) is -0.819. The molecule has 100 valence electrons. The van der Waals surface area contributed by atoms with Crippen LogP contribution in [0.2, 0.25) is 0 Å². The van der Waals surface area contributed by atoms with Gasteiger partial charge in [-0.05, 0) is 18.8 Å². The van der Waals surface area contributed by atoms with Crippen molar-refractivity contribution in [2.24, 2.45) is 11.7 Å². The van der Waals surface area contributed by atoms with Crippen LogP contribution in [0.15, 0.2) is 0 Å². The van der Waals surface area contributed by atoms with Crippen molar-refractivity contribution in [3.8, 4) is 0 Å². The Hall–Kier alpha value is -0.620. The third-order valence-corrected chi connectivity index (χ3v) is 5.19. The van der Waals surface area contributed by atoms with Crippen molar-refractivity contribution in [2.45, 2.75) is 45.2 Å². The van der Waals surface area contributed by atoms with E-state index in [0.717, 1.165) is 12.8 Å². The Balaban J connectivity index is 2.51. The van der Waals surface area contributed by atoms with Crippen molar-refractivity contribution in [1.82, 2.24) is 5.32 Å². The molecule has 6 heteroatoms. The van der Waals surface area contributed by atoms with Crippen molar-refractivity contribution in [2.75, 3.05) is 11.5 Å². The minimum atomic E-state index is -2.98. The summed E-state index contributed by atoms with van der Waals surface area (Å²) in [5.41, 5.74) is 5.79. The van der Waals surface area contributed by atoms with E-state index in [0.29, 0.717) is 6.42 Å². The fourth-order valence-electron chi connectivity index (χ4n) is 1.95. The van der Waals surface area contributed by atoms with E-state index in [9.17, 15) is 13.2 Å². The number of hydrogen-bond acceptors (Lipinski definition) is 4. The molecule has 0 aromatic carbocycles. The maximum absolute atomic E-state index is 11.8. The molecule has 0 saturated carbocycles. The SMILES string of the molecule is CCC(C)[C@H](N)C(=O)NC1CCCS(=O)(=O)C1. The van der Waals surface area contributed by atoms with E-state index in [1.807, 2.05) is 13.8 Å². The first-order chi connectivity index (χ1) is 7.85. The van der Waals surface area contributed by atoms with Crippen LogP contribution in [0.4, 0.5) is 0 Å². The largest absolute Gasteiger partial charge is 0.351 e. The summed E-state index contributed by atoms with van der Waals surface area (Å²) < 4.78 is 22.8. The van der Waals surface area contributed by atoms with Crippen molar-refractivity contribution in [3.05, 3.63) is 0 Å². The predicted molar refractivity (Wildman–Crippen MR) is 67.2 cm³/mol. The second-order valence-electron chi connectivity index (χ2n) is 4.87. The van der Waals surface area contributed by atoms with Crippen LogP contribution < -0.4 is 11.1 Å². The zero-order valence-electron chi connectivity index (χ0n) is 10.5. The molecule has 0 spiro atoms. The van der Waals surface area contributed by atoms with Crippen LogP contribution >= 0.6 is 0 Å². The molecular weight excluding hydrogens is 240 g/mol. The minimum Gasteiger partial charge on any atom is -0.351 e. The third kappa shape index (κ3) is 4.27. The number of hydrogen-bond donors (Lipinski definition) is 2. The predicted octanol–water partition coefficient (Wildman–Crippen LogP) is 0.0532. The van der Waals surface area contributed by atoms with Gasteiger partial charge in [0.25, 0.3) is 0 Å². The van der Waals surface area contributed by atoms with Crippen molar-refractivity contribution >= 4 is 15.7 Å². The molecule has 1 saturated heterocycles. The molecule has 1 aliphatic rings. The highest BCUT2D eigenvalue weighted by molar-refractivity contribution is 7.91. The van der Waals surface area contributed by atoms with Gasteiger partial charge >= 0.3 is 0 Å². The van der Waals surface area contributed by atoms with Gasteiger partial charge in [-0.25, -0.2) is 8.42 Å². The number of nitrogens with two attached hydrogens (primary N) is 1. The normalized spacial score (nSPS) is 27.1. The van der Waals surface area contributed by atoms with Crippen molar-refractivity contribution < 1.29 is 13.2 Å². The van der Waals surface area contributed by atoms with Gasteiger partial charge in [0.15, 0.2) is 9.84 Å². The first-order valence-electron chi connectivity index (χ1n) is 6.12. The maximum Gasteiger partial charge on any atom is 0.237 e. The highest BCUT2D eigenvalue weighted by Gasteiger charge is 2.28. The van der Waals surface area contributed by atoms with Crippen molar-refractivity contribution in [3.63, 3.8) is 0 Å². The first-order valence-corrected chi connectivity index (χ1v) is 7.94. The lowest BCUT2D eigenvalue weighted by atomic mass is 9.99. The number of rotatable bonds is 4. The van der Waals surface area contributed by atoms with E-state index >= 15 is 0 Å². The number of nitrogens with one attached hydrogen (secondary N) is 1. The summed E-state index contributed by atoms with van der Waals surface area (Å²) in [6.07, 6.45) is 2.17. The summed E-state index contributed by atoms with van der Waals surface area (Å²) in [4.78, 5) is 11.8. The molecule has 0 bridgehead atoms. The third-order valence-electron chi connectivity index (χ3n) is 3.37. The standard InChI is InChI=1S/C11H22N2O3S/c1-3-8(2)10(12)11(14)13-9-5-4-6-17(15,16)7-9/h8-10H,3-7,12H2,1-2H3,(H,13,14)/t8?,9?,10-/m0/s1. The molecule has 5 nitrogen and oxygen atoms in total. The van der Waals surface area contributed by atoms with Crippen LogP contribution in [0.3, 0.4) is 0 Å². The van der Waals surface area contributed by atoms with Gasteiger partial charge in [0.1, 0.15) is 0 Å². The Bertz CT molecular complexity index is 367. The molecule has 0 aliphatic carbocycles. The summed E-state index contributed by atoms with van der Waals surface area (Å²) >= 11 is 0. The summed E-state index contributed by atoms with van der Waals surface area (Å²) in [6.45, 7) is 3.89. The summed E-state index contributed by atoms with van der Waals surface area (Å²) in [5.74, 6) is 0.152. The van der Waals surface area contributed by atoms with E-state index in [1.54, 1.807) is 0 Å². The van der Waals surface area contributed by atoms with Crippen LogP contribution in [-0.4, -0.2) is 37.9 Å². The van der Waals surface area contributed by atoms with Gasteiger partial charge in [-0.1, -0.05) is 20.3 Å². The zero-order valence-corrected chi connectivity index (χ0v) is 11.3. The van der Waals surface area contributed by atoms with Gasteiger partial charge in [0, 0.05) is 6.04 Å². The molecule has 3 atom stereocenters.